The fourth-order valence-corrected chi connectivity index (χ4v) is 3.50. The summed E-state index contributed by atoms with van der Waals surface area (Å²) < 4.78 is 0.210. The predicted molar refractivity (Wildman–Crippen MR) is 107 cm³/mol. The van der Waals surface area contributed by atoms with Crippen molar-refractivity contribution in [1.82, 2.24) is 14.9 Å². The maximum atomic E-state index is 12.9. The Hall–Kier alpha value is -2.15. The topological polar surface area (TPSA) is 69.0 Å². The van der Waals surface area contributed by atoms with Gasteiger partial charge in [-0.1, -0.05) is 29.3 Å². The van der Waals surface area contributed by atoms with Gasteiger partial charge in [0.1, 0.15) is 0 Å². The number of halogens is 2. The van der Waals surface area contributed by atoms with Crippen molar-refractivity contribution in [3.05, 3.63) is 72.7 Å². The predicted octanol–water partition coefficient (Wildman–Crippen LogP) is 4.73. The average molecular weight is 408 g/mol. The van der Waals surface area contributed by atoms with E-state index in [4.69, 9.17) is 35.4 Å². The van der Waals surface area contributed by atoms with Gasteiger partial charge in [0.25, 0.3) is 11.5 Å². The van der Waals surface area contributed by atoms with E-state index in [2.05, 4.69) is 9.97 Å². The van der Waals surface area contributed by atoms with Crippen molar-refractivity contribution in [2.24, 2.45) is 0 Å². The molecule has 0 saturated carbocycles. The molecule has 2 N–H and O–H groups in total. The number of hydrogen-bond donors (Lipinski definition) is 2. The van der Waals surface area contributed by atoms with Gasteiger partial charge in [0, 0.05) is 22.7 Å². The van der Waals surface area contributed by atoms with E-state index in [0.29, 0.717) is 26.5 Å². The van der Waals surface area contributed by atoms with E-state index >= 15 is 0 Å². The minimum Gasteiger partial charge on any atom is -0.335 e. The molecule has 3 aromatic rings. The number of fused-ring (bicyclic) bond motifs is 1. The van der Waals surface area contributed by atoms with Crippen LogP contribution < -0.4 is 5.56 Å². The summed E-state index contributed by atoms with van der Waals surface area (Å²) in [6, 6.07) is 9.76. The summed E-state index contributed by atoms with van der Waals surface area (Å²) >= 11 is 17.2. The van der Waals surface area contributed by atoms with Crippen molar-refractivity contribution in [2.75, 3.05) is 7.05 Å². The highest BCUT2D eigenvalue weighted by Gasteiger charge is 2.21. The van der Waals surface area contributed by atoms with E-state index in [-0.39, 0.29) is 22.3 Å². The van der Waals surface area contributed by atoms with Crippen LogP contribution in [-0.4, -0.2) is 27.8 Å². The number of aromatic amines is 2. The SMILES string of the molecule is CC(c1ccc(Cl)cc1Cl)N(C)C(=O)c1ccc2c(=O)[nH]c(=S)[nH]c2c1. The molecule has 8 heteroatoms. The average Bonchev–Trinajstić information content (AvgIpc) is 2.59. The highest BCUT2D eigenvalue weighted by atomic mass is 35.5. The summed E-state index contributed by atoms with van der Waals surface area (Å²) in [5, 5.41) is 1.47. The zero-order valence-electron chi connectivity index (χ0n) is 14.0. The summed E-state index contributed by atoms with van der Waals surface area (Å²) in [7, 11) is 1.70. The van der Waals surface area contributed by atoms with Crippen LogP contribution in [0.15, 0.2) is 41.2 Å². The molecule has 0 radical (unpaired) electrons. The van der Waals surface area contributed by atoms with Gasteiger partial charge in [0.2, 0.25) is 0 Å². The summed E-state index contributed by atoms with van der Waals surface area (Å²) in [6.07, 6.45) is 0. The molecule has 2 aromatic carbocycles. The first-order valence-corrected chi connectivity index (χ1v) is 8.93. The van der Waals surface area contributed by atoms with Crippen LogP contribution >= 0.6 is 35.4 Å². The molecule has 3 rings (SSSR count). The monoisotopic (exact) mass is 407 g/mol. The zero-order chi connectivity index (χ0) is 19.0. The Labute approximate surface area is 164 Å². The van der Waals surface area contributed by atoms with Crippen LogP contribution in [0.4, 0.5) is 0 Å². The highest BCUT2D eigenvalue weighted by molar-refractivity contribution is 7.71. The van der Waals surface area contributed by atoms with E-state index in [0.717, 1.165) is 5.56 Å². The second kappa shape index (κ2) is 7.23. The smallest absolute Gasteiger partial charge is 0.259 e. The van der Waals surface area contributed by atoms with Crippen molar-refractivity contribution in [3.63, 3.8) is 0 Å². The van der Waals surface area contributed by atoms with Crippen molar-refractivity contribution < 1.29 is 4.79 Å². The number of rotatable bonds is 3. The lowest BCUT2D eigenvalue weighted by Crippen LogP contribution is -2.30. The number of carbonyl (C=O) groups excluding carboxylic acids is 1. The maximum Gasteiger partial charge on any atom is 0.259 e. The maximum absolute atomic E-state index is 12.9. The van der Waals surface area contributed by atoms with Crippen molar-refractivity contribution in [1.29, 1.82) is 0 Å². The first-order valence-electron chi connectivity index (χ1n) is 7.76. The normalized spacial score (nSPS) is 12.2. The van der Waals surface area contributed by atoms with Crippen LogP contribution in [0.1, 0.15) is 28.9 Å². The van der Waals surface area contributed by atoms with Crippen molar-refractivity contribution in [2.45, 2.75) is 13.0 Å². The Morgan fingerprint density at radius 3 is 2.58 bits per heavy atom. The molecule has 0 saturated heterocycles. The molecule has 5 nitrogen and oxygen atoms in total. The third-order valence-electron chi connectivity index (χ3n) is 4.30. The minimum atomic E-state index is -0.294. The van der Waals surface area contributed by atoms with Gasteiger partial charge >= 0.3 is 0 Å². The third-order valence-corrected chi connectivity index (χ3v) is 5.07. The lowest BCUT2D eigenvalue weighted by Gasteiger charge is -2.26. The van der Waals surface area contributed by atoms with Crippen LogP contribution in [0, 0.1) is 4.77 Å². The number of nitrogens with one attached hydrogen (secondary N) is 2. The Balaban J connectivity index is 1.96. The molecule has 0 fully saturated rings. The van der Waals surface area contributed by atoms with E-state index in [9.17, 15) is 9.59 Å². The molecule has 1 amide bonds. The van der Waals surface area contributed by atoms with Gasteiger partial charge in [-0.15, -0.1) is 0 Å². The Kier molecular flexibility index (Phi) is 5.18. The van der Waals surface area contributed by atoms with Gasteiger partial charge in [-0.05, 0) is 55.0 Å². The Bertz CT molecular complexity index is 1120. The Morgan fingerprint density at radius 2 is 1.88 bits per heavy atom. The zero-order valence-corrected chi connectivity index (χ0v) is 16.3. The van der Waals surface area contributed by atoms with Gasteiger partial charge in [-0.3, -0.25) is 14.6 Å². The van der Waals surface area contributed by atoms with Crippen LogP contribution in [-0.2, 0) is 0 Å². The molecule has 134 valence electrons. The summed E-state index contributed by atoms with van der Waals surface area (Å²) in [5.74, 6) is -0.204. The van der Waals surface area contributed by atoms with Gasteiger partial charge in [-0.2, -0.15) is 0 Å². The first kappa shape index (κ1) is 18.6. The first-order chi connectivity index (χ1) is 12.3. The van der Waals surface area contributed by atoms with E-state index in [1.54, 1.807) is 48.3 Å². The van der Waals surface area contributed by atoms with Crippen LogP contribution in [0.2, 0.25) is 10.0 Å². The number of hydrogen-bond acceptors (Lipinski definition) is 3. The van der Waals surface area contributed by atoms with Gasteiger partial charge in [0.05, 0.1) is 16.9 Å². The van der Waals surface area contributed by atoms with Crippen LogP contribution in [0.25, 0.3) is 10.9 Å². The van der Waals surface area contributed by atoms with Crippen molar-refractivity contribution in [3.8, 4) is 0 Å². The van der Waals surface area contributed by atoms with Gasteiger partial charge in [0.15, 0.2) is 4.77 Å². The molecular weight excluding hydrogens is 393 g/mol. The lowest BCUT2D eigenvalue weighted by molar-refractivity contribution is 0.0743. The summed E-state index contributed by atoms with van der Waals surface area (Å²) in [4.78, 5) is 31.8. The number of nitrogens with zero attached hydrogens (tertiary/aromatic N) is 1. The largest absolute Gasteiger partial charge is 0.335 e. The molecule has 1 aromatic heterocycles. The molecule has 26 heavy (non-hydrogen) atoms. The second-order valence-electron chi connectivity index (χ2n) is 5.93. The van der Waals surface area contributed by atoms with Gasteiger partial charge in [-0.25, -0.2) is 0 Å². The lowest BCUT2D eigenvalue weighted by atomic mass is 10.1. The number of benzene rings is 2. The van der Waals surface area contributed by atoms with Gasteiger partial charge < -0.3 is 9.88 Å². The molecular formula is C18H15Cl2N3O2S. The molecule has 0 spiro atoms. The fourth-order valence-electron chi connectivity index (χ4n) is 2.73. The summed E-state index contributed by atoms with van der Waals surface area (Å²) in [5.41, 5.74) is 1.45. The standard InChI is InChI=1S/C18H15Cl2N3O2S/c1-9(12-6-4-11(19)8-14(12)20)23(2)17(25)10-3-5-13-15(7-10)21-18(26)22-16(13)24/h3-9H,1-2H3,(H2,21,22,24,26). The molecule has 1 unspecified atom stereocenters. The molecule has 1 heterocycles. The molecule has 0 aliphatic rings. The second-order valence-corrected chi connectivity index (χ2v) is 7.18. The molecule has 0 aliphatic heterocycles. The molecule has 1 atom stereocenters. The molecule has 0 bridgehead atoms. The quantitative estimate of drug-likeness (QED) is 0.616. The van der Waals surface area contributed by atoms with E-state index in [1.165, 1.54) is 0 Å². The number of aromatic nitrogens is 2. The van der Waals surface area contributed by atoms with Crippen molar-refractivity contribution >= 4 is 52.2 Å². The van der Waals surface area contributed by atoms with E-state index in [1.807, 2.05) is 6.92 Å². The summed E-state index contributed by atoms with van der Waals surface area (Å²) in [6.45, 7) is 1.88. The Morgan fingerprint density at radius 1 is 1.15 bits per heavy atom. The van der Waals surface area contributed by atoms with Crippen LogP contribution in [0.5, 0.6) is 0 Å². The number of carbonyl (C=O) groups is 1. The number of amides is 1. The third kappa shape index (κ3) is 3.53. The van der Waals surface area contributed by atoms with E-state index < -0.39 is 0 Å². The fraction of sp³-hybridized carbons (Fsp3) is 0.167. The highest BCUT2D eigenvalue weighted by Crippen LogP contribution is 2.30. The number of H-pyrrole nitrogens is 2. The molecule has 0 aliphatic carbocycles. The minimum absolute atomic E-state index is 0.204. The van der Waals surface area contributed by atoms with Crippen LogP contribution in [0.3, 0.4) is 0 Å².